The molecule has 2 rings (SSSR count). The Morgan fingerprint density at radius 2 is 2.29 bits per heavy atom. The van der Waals surface area contributed by atoms with E-state index in [1.807, 2.05) is 23.1 Å². The minimum absolute atomic E-state index is 0.0467. The number of hydrogen-bond donors (Lipinski definition) is 2. The summed E-state index contributed by atoms with van der Waals surface area (Å²) >= 11 is 6.00. The summed E-state index contributed by atoms with van der Waals surface area (Å²) in [5.41, 5.74) is 7.70. The monoisotopic (exact) mass is 253 g/mol. The van der Waals surface area contributed by atoms with E-state index in [9.17, 15) is 4.79 Å². The minimum atomic E-state index is 0.0467. The molecule has 1 saturated heterocycles. The Balaban J connectivity index is 2.30. The van der Waals surface area contributed by atoms with Crippen LogP contribution in [-0.4, -0.2) is 25.5 Å². The van der Waals surface area contributed by atoms with Crippen molar-refractivity contribution in [3.8, 4) is 0 Å². The van der Waals surface area contributed by atoms with Crippen LogP contribution < -0.4 is 16.0 Å². The van der Waals surface area contributed by atoms with E-state index in [1.54, 1.807) is 0 Å². The van der Waals surface area contributed by atoms with Crippen molar-refractivity contribution in [2.24, 2.45) is 5.73 Å². The van der Waals surface area contributed by atoms with Crippen LogP contribution >= 0.6 is 11.6 Å². The summed E-state index contributed by atoms with van der Waals surface area (Å²) in [5, 5.41) is 3.52. The molecule has 1 aromatic carbocycles. The molecule has 0 spiro atoms. The zero-order valence-corrected chi connectivity index (χ0v) is 10.3. The number of hydrogen-bond acceptors (Lipinski definition) is 3. The molecule has 0 aromatic heterocycles. The summed E-state index contributed by atoms with van der Waals surface area (Å²) < 4.78 is 0. The first-order chi connectivity index (χ1) is 8.20. The Hall–Kier alpha value is -1.26. The van der Waals surface area contributed by atoms with Gasteiger partial charge in [0, 0.05) is 30.3 Å². The van der Waals surface area contributed by atoms with Crippen molar-refractivity contribution in [3.05, 3.63) is 28.8 Å². The van der Waals surface area contributed by atoms with Gasteiger partial charge in [0.1, 0.15) is 0 Å². The van der Waals surface area contributed by atoms with E-state index in [2.05, 4.69) is 5.32 Å². The van der Waals surface area contributed by atoms with Crippen molar-refractivity contribution in [1.29, 1.82) is 0 Å². The summed E-state index contributed by atoms with van der Waals surface area (Å²) in [5.74, 6) is 0.0467. The Kier molecular flexibility index (Phi) is 3.86. The standard InChI is InChI=1S/C12H16ClN3O/c13-10-3-2-9(7-14)11(6-10)16-5-1-4-15-12(17)8-16/h2-3,6H,1,4-5,7-8,14H2,(H,15,17). The normalized spacial score (nSPS) is 16.6. The van der Waals surface area contributed by atoms with Crippen LogP contribution in [0.4, 0.5) is 5.69 Å². The highest BCUT2D eigenvalue weighted by atomic mass is 35.5. The number of nitrogens with one attached hydrogen (secondary N) is 1. The predicted molar refractivity (Wildman–Crippen MR) is 69.2 cm³/mol. The van der Waals surface area contributed by atoms with Crippen molar-refractivity contribution in [3.63, 3.8) is 0 Å². The molecule has 1 heterocycles. The molecular formula is C12H16ClN3O. The molecule has 0 saturated carbocycles. The molecule has 1 aliphatic rings. The fraction of sp³-hybridized carbons (Fsp3) is 0.417. The summed E-state index contributed by atoms with van der Waals surface area (Å²) in [6, 6.07) is 5.62. The lowest BCUT2D eigenvalue weighted by Gasteiger charge is -2.24. The Morgan fingerprint density at radius 1 is 1.47 bits per heavy atom. The largest absolute Gasteiger partial charge is 0.362 e. The Labute approximate surface area is 106 Å². The van der Waals surface area contributed by atoms with Crippen molar-refractivity contribution >= 4 is 23.2 Å². The van der Waals surface area contributed by atoms with Crippen molar-refractivity contribution in [2.75, 3.05) is 24.5 Å². The first-order valence-corrected chi connectivity index (χ1v) is 6.08. The van der Waals surface area contributed by atoms with Gasteiger partial charge in [-0.05, 0) is 24.1 Å². The third-order valence-electron chi connectivity index (χ3n) is 2.87. The van der Waals surface area contributed by atoms with E-state index in [-0.39, 0.29) is 5.91 Å². The van der Waals surface area contributed by atoms with Crippen LogP contribution in [0.3, 0.4) is 0 Å². The number of amides is 1. The van der Waals surface area contributed by atoms with E-state index in [0.717, 1.165) is 30.8 Å². The van der Waals surface area contributed by atoms with Gasteiger partial charge in [0.25, 0.3) is 0 Å². The van der Waals surface area contributed by atoms with Crippen molar-refractivity contribution in [2.45, 2.75) is 13.0 Å². The Bertz CT molecular complexity index is 422. The van der Waals surface area contributed by atoms with E-state index in [4.69, 9.17) is 17.3 Å². The van der Waals surface area contributed by atoms with Gasteiger partial charge in [-0.25, -0.2) is 0 Å². The number of anilines is 1. The molecule has 1 aliphatic heterocycles. The maximum absolute atomic E-state index is 11.5. The highest BCUT2D eigenvalue weighted by Crippen LogP contribution is 2.25. The summed E-state index contributed by atoms with van der Waals surface area (Å²) in [6.45, 7) is 2.39. The second-order valence-electron chi connectivity index (χ2n) is 4.10. The van der Waals surface area contributed by atoms with Crippen molar-refractivity contribution in [1.82, 2.24) is 5.32 Å². The van der Waals surface area contributed by atoms with Gasteiger partial charge in [0.2, 0.25) is 5.91 Å². The summed E-state index contributed by atoms with van der Waals surface area (Å²) in [6.07, 6.45) is 0.933. The number of rotatable bonds is 2. The summed E-state index contributed by atoms with van der Waals surface area (Å²) in [4.78, 5) is 13.6. The second-order valence-corrected chi connectivity index (χ2v) is 4.54. The number of nitrogens with zero attached hydrogens (tertiary/aromatic N) is 1. The molecule has 4 nitrogen and oxygen atoms in total. The predicted octanol–water partition coefficient (Wildman–Crippen LogP) is 1.12. The van der Waals surface area contributed by atoms with Gasteiger partial charge in [-0.2, -0.15) is 0 Å². The molecule has 17 heavy (non-hydrogen) atoms. The smallest absolute Gasteiger partial charge is 0.239 e. The maximum atomic E-state index is 11.5. The third-order valence-corrected chi connectivity index (χ3v) is 3.10. The Morgan fingerprint density at radius 3 is 3.06 bits per heavy atom. The average molecular weight is 254 g/mol. The van der Waals surface area contributed by atoms with Crippen LogP contribution in [0, 0.1) is 0 Å². The van der Waals surface area contributed by atoms with Crippen LogP contribution in [0.2, 0.25) is 5.02 Å². The topological polar surface area (TPSA) is 58.4 Å². The average Bonchev–Trinajstić information content (AvgIpc) is 2.54. The van der Waals surface area contributed by atoms with Crippen molar-refractivity contribution < 1.29 is 4.79 Å². The minimum Gasteiger partial charge on any atom is -0.362 e. The molecule has 0 bridgehead atoms. The van der Waals surface area contributed by atoms with E-state index in [0.29, 0.717) is 18.1 Å². The van der Waals surface area contributed by atoms with E-state index in [1.165, 1.54) is 0 Å². The zero-order chi connectivity index (χ0) is 12.3. The van der Waals surface area contributed by atoms with Gasteiger partial charge in [-0.3, -0.25) is 4.79 Å². The van der Waals surface area contributed by atoms with E-state index >= 15 is 0 Å². The molecule has 3 N–H and O–H groups in total. The SMILES string of the molecule is NCc1ccc(Cl)cc1N1CCCNC(=O)C1. The lowest BCUT2D eigenvalue weighted by molar-refractivity contribution is -0.119. The van der Waals surface area contributed by atoms with Crippen LogP contribution in [0.25, 0.3) is 0 Å². The number of nitrogens with two attached hydrogens (primary N) is 1. The molecule has 0 radical (unpaired) electrons. The second kappa shape index (κ2) is 5.38. The number of halogens is 1. The molecule has 0 atom stereocenters. The van der Waals surface area contributed by atoms with Crippen LogP contribution in [-0.2, 0) is 11.3 Å². The number of carbonyl (C=O) groups is 1. The van der Waals surface area contributed by atoms with Gasteiger partial charge >= 0.3 is 0 Å². The van der Waals surface area contributed by atoms with Gasteiger partial charge < -0.3 is 16.0 Å². The highest BCUT2D eigenvalue weighted by molar-refractivity contribution is 6.30. The maximum Gasteiger partial charge on any atom is 0.239 e. The first kappa shape index (κ1) is 12.2. The van der Waals surface area contributed by atoms with Crippen LogP contribution in [0.15, 0.2) is 18.2 Å². The number of carbonyl (C=O) groups excluding carboxylic acids is 1. The lowest BCUT2D eigenvalue weighted by atomic mass is 10.1. The van der Waals surface area contributed by atoms with E-state index < -0.39 is 0 Å². The molecule has 0 aliphatic carbocycles. The quantitative estimate of drug-likeness (QED) is 0.831. The van der Waals surface area contributed by atoms with Gasteiger partial charge in [-0.1, -0.05) is 17.7 Å². The first-order valence-electron chi connectivity index (χ1n) is 5.71. The molecule has 1 fully saturated rings. The van der Waals surface area contributed by atoms with Crippen LogP contribution in [0.5, 0.6) is 0 Å². The van der Waals surface area contributed by atoms with Gasteiger partial charge in [0.05, 0.1) is 6.54 Å². The number of benzene rings is 1. The lowest BCUT2D eigenvalue weighted by Crippen LogP contribution is -2.33. The third kappa shape index (κ3) is 2.90. The molecule has 0 unspecified atom stereocenters. The molecule has 1 amide bonds. The molecule has 92 valence electrons. The van der Waals surface area contributed by atoms with Crippen LogP contribution in [0.1, 0.15) is 12.0 Å². The summed E-state index contributed by atoms with van der Waals surface area (Å²) in [7, 11) is 0. The zero-order valence-electron chi connectivity index (χ0n) is 9.58. The highest BCUT2D eigenvalue weighted by Gasteiger charge is 2.17. The molecule has 5 heteroatoms. The van der Waals surface area contributed by atoms with Gasteiger partial charge in [-0.15, -0.1) is 0 Å². The molecule has 1 aromatic rings. The fourth-order valence-corrected chi connectivity index (χ4v) is 2.18. The fourth-order valence-electron chi connectivity index (χ4n) is 2.02. The van der Waals surface area contributed by atoms with Gasteiger partial charge in [0.15, 0.2) is 0 Å². The molecular weight excluding hydrogens is 238 g/mol.